The maximum Gasteiger partial charge on any atom is 0.168 e. The van der Waals surface area contributed by atoms with E-state index in [1.807, 2.05) is 24.3 Å². The second kappa shape index (κ2) is 3.81. The Morgan fingerprint density at radius 2 is 2.18 bits per heavy atom. The van der Waals surface area contributed by atoms with Crippen LogP contribution in [0.3, 0.4) is 0 Å². The van der Waals surface area contributed by atoms with E-state index >= 15 is 0 Å². The summed E-state index contributed by atoms with van der Waals surface area (Å²) in [7, 11) is 0. The van der Waals surface area contributed by atoms with Gasteiger partial charge >= 0.3 is 0 Å². The summed E-state index contributed by atoms with van der Waals surface area (Å²) in [5.74, 6) is 0.431. The van der Waals surface area contributed by atoms with Gasteiger partial charge in [0, 0.05) is 10.7 Å². The normalized spacial score (nSPS) is 10.9. The maximum absolute atomic E-state index is 5.83. The van der Waals surface area contributed by atoms with Crippen molar-refractivity contribution in [3.8, 4) is 5.69 Å². The number of nitrogens with two attached hydrogens (primary N) is 1. The molecule has 2 N–H and O–H groups in total. The van der Waals surface area contributed by atoms with Crippen LogP contribution in [-0.2, 0) is 0 Å². The number of aromatic nitrogens is 4. The molecule has 0 atom stereocenters. The fraction of sp³-hybridized carbons (Fsp3) is 0. The second-order valence-corrected chi connectivity index (χ2v) is 4.45. The molecule has 0 aliphatic heterocycles. The lowest BCUT2D eigenvalue weighted by molar-refractivity contribution is 0.900. The molecule has 0 unspecified atom stereocenters. The number of nitrogens with zero attached hydrogens (tertiary/aromatic N) is 4. The SMILES string of the molecule is Nc1nn(-c2cccc(Br)c2)c2ncncc12. The average Bonchev–Trinajstić information content (AvgIpc) is 2.68. The minimum absolute atomic E-state index is 0.431. The van der Waals surface area contributed by atoms with Crippen LogP contribution in [0.5, 0.6) is 0 Å². The first-order valence-electron chi connectivity index (χ1n) is 4.96. The van der Waals surface area contributed by atoms with Gasteiger partial charge in [-0.25, -0.2) is 14.6 Å². The second-order valence-electron chi connectivity index (χ2n) is 3.54. The molecule has 5 nitrogen and oxygen atoms in total. The van der Waals surface area contributed by atoms with Crippen LogP contribution in [0.4, 0.5) is 5.82 Å². The molecule has 3 aromatic rings. The molecule has 0 radical (unpaired) electrons. The van der Waals surface area contributed by atoms with Gasteiger partial charge in [0.05, 0.1) is 11.1 Å². The van der Waals surface area contributed by atoms with Crippen LogP contribution >= 0.6 is 15.9 Å². The summed E-state index contributed by atoms with van der Waals surface area (Å²) in [6, 6.07) is 7.78. The van der Waals surface area contributed by atoms with Gasteiger partial charge in [0.15, 0.2) is 11.5 Å². The molecule has 0 spiro atoms. The number of hydrogen-bond donors (Lipinski definition) is 1. The predicted octanol–water partition coefficient (Wildman–Crippen LogP) is 2.16. The Morgan fingerprint density at radius 3 is 3.00 bits per heavy atom. The first-order valence-corrected chi connectivity index (χ1v) is 5.75. The molecule has 0 fully saturated rings. The van der Waals surface area contributed by atoms with E-state index in [0.717, 1.165) is 15.5 Å². The van der Waals surface area contributed by atoms with Crippen molar-refractivity contribution in [3.63, 3.8) is 0 Å². The third-order valence-electron chi connectivity index (χ3n) is 2.43. The molecule has 1 aromatic carbocycles. The summed E-state index contributed by atoms with van der Waals surface area (Å²) in [4.78, 5) is 8.15. The van der Waals surface area contributed by atoms with Gasteiger partial charge in [-0.3, -0.25) is 0 Å². The summed E-state index contributed by atoms with van der Waals surface area (Å²) in [6.45, 7) is 0. The number of halogens is 1. The Hall–Kier alpha value is -1.95. The number of hydrogen-bond acceptors (Lipinski definition) is 4. The van der Waals surface area contributed by atoms with E-state index in [9.17, 15) is 0 Å². The van der Waals surface area contributed by atoms with Crippen LogP contribution in [0.2, 0.25) is 0 Å². The average molecular weight is 290 g/mol. The topological polar surface area (TPSA) is 69.6 Å². The quantitative estimate of drug-likeness (QED) is 0.745. The lowest BCUT2D eigenvalue weighted by Crippen LogP contribution is -1.98. The molecule has 3 rings (SSSR count). The fourth-order valence-electron chi connectivity index (χ4n) is 1.67. The summed E-state index contributed by atoms with van der Waals surface area (Å²) in [5.41, 5.74) is 7.44. The Morgan fingerprint density at radius 1 is 1.29 bits per heavy atom. The number of fused-ring (bicyclic) bond motifs is 1. The highest BCUT2D eigenvalue weighted by Crippen LogP contribution is 2.22. The lowest BCUT2D eigenvalue weighted by Gasteiger charge is -2.02. The Bertz CT molecular complexity index is 691. The molecule has 0 bridgehead atoms. The molecule has 17 heavy (non-hydrogen) atoms. The molecular weight excluding hydrogens is 282 g/mol. The Kier molecular flexibility index (Phi) is 2.29. The van der Waals surface area contributed by atoms with Gasteiger partial charge in [-0.05, 0) is 18.2 Å². The number of benzene rings is 1. The maximum atomic E-state index is 5.83. The molecule has 0 amide bonds. The standard InChI is InChI=1S/C11H8BrN5/c12-7-2-1-3-8(4-7)17-11-9(10(13)16-17)5-14-6-15-11/h1-6H,(H2,13,16). The zero-order valence-electron chi connectivity index (χ0n) is 8.71. The number of rotatable bonds is 1. The van der Waals surface area contributed by atoms with Gasteiger partial charge in [-0.15, -0.1) is 5.10 Å². The van der Waals surface area contributed by atoms with Crippen LogP contribution in [0.1, 0.15) is 0 Å². The number of nitrogen functional groups attached to an aromatic ring is 1. The smallest absolute Gasteiger partial charge is 0.168 e. The highest BCUT2D eigenvalue weighted by molar-refractivity contribution is 9.10. The highest BCUT2D eigenvalue weighted by atomic mass is 79.9. The van der Waals surface area contributed by atoms with E-state index in [0.29, 0.717) is 11.5 Å². The van der Waals surface area contributed by atoms with Crippen molar-refractivity contribution in [1.29, 1.82) is 0 Å². The summed E-state index contributed by atoms with van der Waals surface area (Å²) in [6.07, 6.45) is 3.15. The van der Waals surface area contributed by atoms with Gasteiger partial charge in [0.2, 0.25) is 0 Å². The van der Waals surface area contributed by atoms with Gasteiger partial charge in [0.1, 0.15) is 6.33 Å². The van der Waals surface area contributed by atoms with E-state index in [2.05, 4.69) is 31.0 Å². The minimum atomic E-state index is 0.431. The van der Waals surface area contributed by atoms with E-state index < -0.39 is 0 Å². The van der Waals surface area contributed by atoms with Crippen molar-refractivity contribution in [2.45, 2.75) is 0 Å². The van der Waals surface area contributed by atoms with Crippen molar-refractivity contribution < 1.29 is 0 Å². The van der Waals surface area contributed by atoms with Crippen molar-refractivity contribution in [2.75, 3.05) is 5.73 Å². The summed E-state index contributed by atoms with van der Waals surface area (Å²) in [5, 5.41) is 5.03. The Labute approximate surface area is 105 Å². The van der Waals surface area contributed by atoms with Gasteiger partial charge in [-0.1, -0.05) is 22.0 Å². The largest absolute Gasteiger partial charge is 0.382 e. The van der Waals surface area contributed by atoms with Crippen molar-refractivity contribution in [2.24, 2.45) is 0 Å². The first kappa shape index (κ1) is 10.2. The van der Waals surface area contributed by atoms with Crippen molar-refractivity contribution in [1.82, 2.24) is 19.7 Å². The van der Waals surface area contributed by atoms with Crippen LogP contribution < -0.4 is 5.73 Å². The number of anilines is 1. The van der Waals surface area contributed by atoms with E-state index in [4.69, 9.17) is 5.73 Å². The zero-order valence-corrected chi connectivity index (χ0v) is 10.3. The van der Waals surface area contributed by atoms with Gasteiger partial charge in [0.25, 0.3) is 0 Å². The molecule has 84 valence electrons. The van der Waals surface area contributed by atoms with Gasteiger partial charge < -0.3 is 5.73 Å². The minimum Gasteiger partial charge on any atom is -0.382 e. The van der Waals surface area contributed by atoms with E-state index in [1.165, 1.54) is 6.33 Å². The molecule has 2 heterocycles. The van der Waals surface area contributed by atoms with E-state index in [1.54, 1.807) is 10.9 Å². The van der Waals surface area contributed by atoms with Crippen molar-refractivity contribution in [3.05, 3.63) is 41.3 Å². The van der Waals surface area contributed by atoms with E-state index in [-0.39, 0.29) is 0 Å². The zero-order chi connectivity index (χ0) is 11.8. The van der Waals surface area contributed by atoms with Crippen LogP contribution in [0, 0.1) is 0 Å². The van der Waals surface area contributed by atoms with Crippen LogP contribution in [-0.4, -0.2) is 19.7 Å². The molecule has 0 saturated carbocycles. The predicted molar refractivity (Wildman–Crippen MR) is 68.8 cm³/mol. The summed E-state index contributed by atoms with van der Waals surface area (Å²) < 4.78 is 2.68. The monoisotopic (exact) mass is 289 g/mol. The fourth-order valence-corrected chi connectivity index (χ4v) is 2.06. The third kappa shape index (κ3) is 1.66. The highest BCUT2D eigenvalue weighted by Gasteiger charge is 2.10. The third-order valence-corrected chi connectivity index (χ3v) is 2.92. The first-order chi connectivity index (χ1) is 8.25. The molecule has 0 saturated heterocycles. The lowest BCUT2D eigenvalue weighted by atomic mass is 10.3. The summed E-state index contributed by atoms with van der Waals surface area (Å²) >= 11 is 3.43. The molecule has 6 heteroatoms. The van der Waals surface area contributed by atoms with Crippen LogP contribution in [0.15, 0.2) is 41.3 Å². The molecule has 0 aliphatic carbocycles. The van der Waals surface area contributed by atoms with Crippen molar-refractivity contribution >= 4 is 32.8 Å². The molecule has 0 aliphatic rings. The molecule has 2 aromatic heterocycles. The Balaban J connectivity index is 2.31. The van der Waals surface area contributed by atoms with Crippen LogP contribution in [0.25, 0.3) is 16.7 Å². The molecular formula is C11H8BrN5. The van der Waals surface area contributed by atoms with Gasteiger partial charge in [-0.2, -0.15) is 0 Å².